The van der Waals surface area contributed by atoms with Gasteiger partial charge in [0, 0.05) is 12.1 Å². The molecule has 0 aromatic heterocycles. The van der Waals surface area contributed by atoms with Crippen LogP contribution in [0.5, 0.6) is 0 Å². The number of hydrogen-bond acceptors (Lipinski definition) is 2. The van der Waals surface area contributed by atoms with Gasteiger partial charge in [-0.15, -0.1) is 0 Å². The van der Waals surface area contributed by atoms with E-state index in [2.05, 4.69) is 31.1 Å². The smallest absolute Gasteiger partial charge is 0.00922 e. The minimum atomic E-state index is 0.736. The van der Waals surface area contributed by atoms with Crippen LogP contribution in [0.4, 0.5) is 0 Å². The van der Waals surface area contributed by atoms with Crippen LogP contribution in [0.3, 0.4) is 0 Å². The van der Waals surface area contributed by atoms with Gasteiger partial charge in [-0.1, -0.05) is 33.1 Å². The fraction of sp³-hybridized carbons (Fsp3) is 1.00. The molecular formula is C15H32N2. The van der Waals surface area contributed by atoms with E-state index in [1.165, 1.54) is 57.9 Å². The van der Waals surface area contributed by atoms with Gasteiger partial charge in [0.2, 0.25) is 0 Å². The monoisotopic (exact) mass is 240 g/mol. The Balaban J connectivity index is 2.11. The zero-order chi connectivity index (χ0) is 12.5. The molecule has 0 heterocycles. The lowest BCUT2D eigenvalue weighted by Gasteiger charge is -2.31. The standard InChI is InChI=1S/C15H32N2/c1-4-14(16-5-2)10-9-13-17(3)15-11-7-6-8-12-15/h14-16H,4-13H2,1-3H3. The van der Waals surface area contributed by atoms with Crippen LogP contribution in [0.2, 0.25) is 0 Å². The third-order valence-electron chi connectivity index (χ3n) is 4.25. The Hall–Kier alpha value is -0.0800. The molecule has 1 unspecified atom stereocenters. The molecule has 2 heteroatoms. The van der Waals surface area contributed by atoms with Crippen molar-refractivity contribution in [3.8, 4) is 0 Å². The van der Waals surface area contributed by atoms with Gasteiger partial charge in [0.05, 0.1) is 0 Å². The van der Waals surface area contributed by atoms with Gasteiger partial charge < -0.3 is 10.2 Å². The molecule has 2 nitrogen and oxygen atoms in total. The second-order valence-electron chi connectivity index (χ2n) is 5.58. The number of nitrogens with one attached hydrogen (secondary N) is 1. The lowest BCUT2D eigenvalue weighted by Crippen LogP contribution is -2.35. The van der Waals surface area contributed by atoms with E-state index in [-0.39, 0.29) is 0 Å². The first-order valence-electron chi connectivity index (χ1n) is 7.71. The van der Waals surface area contributed by atoms with E-state index in [9.17, 15) is 0 Å². The van der Waals surface area contributed by atoms with Crippen LogP contribution in [0, 0.1) is 0 Å². The number of rotatable bonds is 8. The first-order valence-corrected chi connectivity index (χ1v) is 7.71. The largest absolute Gasteiger partial charge is 0.314 e. The molecule has 0 radical (unpaired) electrons. The lowest BCUT2D eigenvalue weighted by atomic mass is 9.94. The molecule has 17 heavy (non-hydrogen) atoms. The molecule has 0 amide bonds. The van der Waals surface area contributed by atoms with Crippen LogP contribution in [-0.2, 0) is 0 Å². The van der Waals surface area contributed by atoms with Crippen LogP contribution in [-0.4, -0.2) is 37.1 Å². The lowest BCUT2D eigenvalue weighted by molar-refractivity contribution is 0.186. The average molecular weight is 240 g/mol. The molecule has 0 aliphatic heterocycles. The van der Waals surface area contributed by atoms with Gasteiger partial charge in [-0.05, 0) is 52.2 Å². The summed E-state index contributed by atoms with van der Waals surface area (Å²) in [6.07, 6.45) is 11.2. The maximum Gasteiger partial charge on any atom is 0.00922 e. The van der Waals surface area contributed by atoms with E-state index < -0.39 is 0 Å². The summed E-state index contributed by atoms with van der Waals surface area (Å²) in [6, 6.07) is 1.61. The van der Waals surface area contributed by atoms with Gasteiger partial charge in [0.1, 0.15) is 0 Å². The maximum atomic E-state index is 3.57. The van der Waals surface area contributed by atoms with Crippen molar-refractivity contribution in [2.24, 2.45) is 0 Å². The fourth-order valence-corrected chi connectivity index (χ4v) is 3.03. The summed E-state index contributed by atoms with van der Waals surface area (Å²) in [7, 11) is 2.32. The zero-order valence-corrected chi connectivity index (χ0v) is 12.2. The molecule has 1 aliphatic rings. The summed E-state index contributed by atoms with van der Waals surface area (Å²) in [6.45, 7) is 6.89. The van der Waals surface area contributed by atoms with E-state index in [0.717, 1.165) is 18.6 Å². The molecule has 1 fully saturated rings. The highest BCUT2D eigenvalue weighted by atomic mass is 15.1. The van der Waals surface area contributed by atoms with Crippen molar-refractivity contribution in [3.05, 3.63) is 0 Å². The molecule has 1 atom stereocenters. The Morgan fingerprint density at radius 2 is 1.88 bits per heavy atom. The molecule has 0 spiro atoms. The Kier molecular flexibility index (Phi) is 7.87. The van der Waals surface area contributed by atoms with Crippen LogP contribution in [0.25, 0.3) is 0 Å². The molecular weight excluding hydrogens is 208 g/mol. The first-order chi connectivity index (χ1) is 8.27. The SMILES string of the molecule is CCNC(CC)CCCN(C)C1CCCCC1. The Morgan fingerprint density at radius 3 is 2.47 bits per heavy atom. The predicted molar refractivity (Wildman–Crippen MR) is 76.5 cm³/mol. The van der Waals surface area contributed by atoms with Crippen molar-refractivity contribution >= 4 is 0 Å². The van der Waals surface area contributed by atoms with Crippen molar-refractivity contribution in [1.29, 1.82) is 0 Å². The number of nitrogens with zero attached hydrogens (tertiary/aromatic N) is 1. The van der Waals surface area contributed by atoms with E-state index in [1.54, 1.807) is 0 Å². The Bertz CT molecular complexity index is 176. The van der Waals surface area contributed by atoms with Gasteiger partial charge in [-0.3, -0.25) is 0 Å². The molecule has 0 saturated heterocycles. The highest BCUT2D eigenvalue weighted by molar-refractivity contribution is 4.74. The average Bonchev–Trinajstić information content (AvgIpc) is 2.38. The van der Waals surface area contributed by atoms with Crippen molar-refractivity contribution < 1.29 is 0 Å². The van der Waals surface area contributed by atoms with Crippen LogP contribution < -0.4 is 5.32 Å². The second-order valence-corrected chi connectivity index (χ2v) is 5.58. The topological polar surface area (TPSA) is 15.3 Å². The van der Waals surface area contributed by atoms with Gasteiger partial charge in [-0.25, -0.2) is 0 Å². The van der Waals surface area contributed by atoms with Gasteiger partial charge in [0.15, 0.2) is 0 Å². The van der Waals surface area contributed by atoms with Crippen molar-refractivity contribution in [2.75, 3.05) is 20.1 Å². The van der Waals surface area contributed by atoms with Crippen molar-refractivity contribution in [1.82, 2.24) is 10.2 Å². The fourth-order valence-electron chi connectivity index (χ4n) is 3.03. The Labute approximate surface area is 108 Å². The van der Waals surface area contributed by atoms with E-state index in [0.29, 0.717) is 0 Å². The van der Waals surface area contributed by atoms with Crippen molar-refractivity contribution in [3.63, 3.8) is 0 Å². The molecule has 0 aromatic carbocycles. The highest BCUT2D eigenvalue weighted by Crippen LogP contribution is 2.21. The van der Waals surface area contributed by atoms with Gasteiger partial charge in [-0.2, -0.15) is 0 Å². The quantitative estimate of drug-likeness (QED) is 0.699. The highest BCUT2D eigenvalue weighted by Gasteiger charge is 2.17. The predicted octanol–water partition coefficient (Wildman–Crippen LogP) is 3.42. The summed E-state index contributed by atoms with van der Waals surface area (Å²) >= 11 is 0. The molecule has 1 saturated carbocycles. The second kappa shape index (κ2) is 8.93. The summed E-state index contributed by atoms with van der Waals surface area (Å²) in [5, 5.41) is 3.57. The third kappa shape index (κ3) is 5.87. The van der Waals surface area contributed by atoms with Gasteiger partial charge >= 0.3 is 0 Å². The van der Waals surface area contributed by atoms with E-state index in [4.69, 9.17) is 0 Å². The van der Waals surface area contributed by atoms with E-state index in [1.807, 2.05) is 0 Å². The first kappa shape index (κ1) is 15.0. The minimum Gasteiger partial charge on any atom is -0.314 e. The summed E-state index contributed by atoms with van der Waals surface area (Å²) < 4.78 is 0. The molecule has 1 rings (SSSR count). The third-order valence-corrected chi connectivity index (χ3v) is 4.25. The molecule has 1 aliphatic carbocycles. The van der Waals surface area contributed by atoms with Crippen molar-refractivity contribution in [2.45, 2.75) is 77.3 Å². The molecule has 0 bridgehead atoms. The normalized spacial score (nSPS) is 19.8. The summed E-state index contributed by atoms with van der Waals surface area (Å²) in [5.74, 6) is 0. The number of hydrogen-bond donors (Lipinski definition) is 1. The zero-order valence-electron chi connectivity index (χ0n) is 12.2. The van der Waals surface area contributed by atoms with Gasteiger partial charge in [0.25, 0.3) is 0 Å². The molecule has 102 valence electrons. The van der Waals surface area contributed by atoms with Crippen LogP contribution >= 0.6 is 0 Å². The molecule has 0 aromatic rings. The van der Waals surface area contributed by atoms with Crippen LogP contribution in [0.1, 0.15) is 65.2 Å². The minimum absolute atomic E-state index is 0.736. The molecule has 1 N–H and O–H groups in total. The summed E-state index contributed by atoms with van der Waals surface area (Å²) in [4.78, 5) is 2.61. The van der Waals surface area contributed by atoms with E-state index >= 15 is 0 Å². The summed E-state index contributed by atoms with van der Waals surface area (Å²) in [5.41, 5.74) is 0. The Morgan fingerprint density at radius 1 is 1.18 bits per heavy atom. The van der Waals surface area contributed by atoms with Crippen LogP contribution in [0.15, 0.2) is 0 Å². The maximum absolute atomic E-state index is 3.57.